The van der Waals surface area contributed by atoms with Gasteiger partial charge in [-0.15, -0.1) is 0 Å². The highest BCUT2D eigenvalue weighted by atomic mass is 127. The lowest BCUT2D eigenvalue weighted by Gasteiger charge is -1.85. The SMILES string of the molecule is Cc1nn(C)cc1-c1nc(I)no1. The Hall–Kier alpha value is -0.920. The number of halogens is 1. The standard InChI is InChI=1S/C7H7IN4O/c1-4-5(3-12(2)10-4)6-9-7(8)11-13-6/h3H,1-2H3. The second-order valence-electron chi connectivity index (χ2n) is 2.67. The van der Waals surface area contributed by atoms with Crippen molar-refractivity contribution in [3.05, 3.63) is 15.7 Å². The van der Waals surface area contributed by atoms with E-state index in [1.807, 2.05) is 42.8 Å². The summed E-state index contributed by atoms with van der Waals surface area (Å²) in [5.41, 5.74) is 1.78. The monoisotopic (exact) mass is 290 g/mol. The number of nitrogens with zero attached hydrogens (tertiary/aromatic N) is 4. The highest BCUT2D eigenvalue weighted by molar-refractivity contribution is 14.1. The van der Waals surface area contributed by atoms with E-state index in [4.69, 9.17) is 4.52 Å². The first kappa shape index (κ1) is 8.67. The molecule has 0 aliphatic heterocycles. The lowest BCUT2D eigenvalue weighted by atomic mass is 10.3. The lowest BCUT2D eigenvalue weighted by Crippen LogP contribution is -1.86. The Bertz CT molecular complexity index is 433. The zero-order valence-electron chi connectivity index (χ0n) is 7.15. The maximum Gasteiger partial charge on any atom is 0.262 e. The van der Waals surface area contributed by atoms with Crippen molar-refractivity contribution >= 4 is 22.6 Å². The molecule has 0 aliphatic carbocycles. The van der Waals surface area contributed by atoms with Gasteiger partial charge in [-0.3, -0.25) is 4.68 Å². The number of aryl methyl sites for hydroxylation is 2. The van der Waals surface area contributed by atoms with E-state index in [9.17, 15) is 0 Å². The predicted molar refractivity (Wildman–Crippen MR) is 54.0 cm³/mol. The number of hydrogen-bond donors (Lipinski definition) is 0. The van der Waals surface area contributed by atoms with Crippen LogP contribution in [-0.4, -0.2) is 19.9 Å². The summed E-state index contributed by atoms with van der Waals surface area (Å²) in [6.07, 6.45) is 1.86. The summed E-state index contributed by atoms with van der Waals surface area (Å²) in [5.74, 6) is 0.523. The quantitative estimate of drug-likeness (QED) is 0.745. The van der Waals surface area contributed by atoms with Gasteiger partial charge in [-0.05, 0) is 6.92 Å². The van der Waals surface area contributed by atoms with E-state index in [1.165, 1.54) is 0 Å². The molecule has 2 aromatic rings. The third-order valence-electron chi connectivity index (χ3n) is 1.65. The molecular formula is C7H7IN4O. The molecule has 0 unspecified atom stereocenters. The Labute approximate surface area is 88.3 Å². The minimum absolute atomic E-state index is 0.523. The molecule has 0 aromatic carbocycles. The maximum atomic E-state index is 5.02. The van der Waals surface area contributed by atoms with Crippen LogP contribution in [-0.2, 0) is 7.05 Å². The second kappa shape index (κ2) is 3.09. The van der Waals surface area contributed by atoms with Crippen molar-refractivity contribution in [3.8, 4) is 11.5 Å². The summed E-state index contributed by atoms with van der Waals surface area (Å²) in [5, 5.41) is 7.89. The molecule has 0 aliphatic rings. The molecule has 0 N–H and O–H groups in total. The fourth-order valence-electron chi connectivity index (χ4n) is 1.12. The molecule has 0 radical (unpaired) electrons. The summed E-state index contributed by atoms with van der Waals surface area (Å²) in [7, 11) is 1.86. The minimum atomic E-state index is 0.523. The molecule has 0 atom stereocenters. The van der Waals surface area contributed by atoms with Gasteiger partial charge in [-0.1, -0.05) is 5.16 Å². The molecule has 5 nitrogen and oxygen atoms in total. The molecule has 0 saturated carbocycles. The van der Waals surface area contributed by atoms with Crippen molar-refractivity contribution in [1.29, 1.82) is 0 Å². The van der Waals surface area contributed by atoms with Crippen LogP contribution in [0.3, 0.4) is 0 Å². The Kier molecular flexibility index (Phi) is 2.06. The van der Waals surface area contributed by atoms with Gasteiger partial charge in [0.1, 0.15) is 0 Å². The van der Waals surface area contributed by atoms with Crippen LogP contribution in [0.1, 0.15) is 5.69 Å². The Morgan fingerprint density at radius 1 is 1.54 bits per heavy atom. The van der Waals surface area contributed by atoms with Crippen molar-refractivity contribution in [3.63, 3.8) is 0 Å². The van der Waals surface area contributed by atoms with Crippen molar-refractivity contribution in [2.24, 2.45) is 7.05 Å². The normalized spacial score (nSPS) is 10.7. The molecule has 13 heavy (non-hydrogen) atoms. The molecule has 0 bridgehead atoms. The van der Waals surface area contributed by atoms with Gasteiger partial charge >= 0.3 is 0 Å². The van der Waals surface area contributed by atoms with E-state index in [1.54, 1.807) is 4.68 Å². The Balaban J connectivity index is 2.51. The Morgan fingerprint density at radius 2 is 2.31 bits per heavy atom. The molecule has 2 aromatic heterocycles. The van der Waals surface area contributed by atoms with Gasteiger partial charge in [0, 0.05) is 35.8 Å². The van der Waals surface area contributed by atoms with E-state index in [-0.39, 0.29) is 0 Å². The number of aromatic nitrogens is 4. The minimum Gasteiger partial charge on any atom is -0.333 e. The Morgan fingerprint density at radius 3 is 2.77 bits per heavy atom. The van der Waals surface area contributed by atoms with Crippen LogP contribution in [0, 0.1) is 10.8 Å². The molecule has 2 rings (SSSR count). The molecule has 0 amide bonds. The zero-order chi connectivity index (χ0) is 9.42. The van der Waals surface area contributed by atoms with Crippen molar-refractivity contribution < 1.29 is 4.52 Å². The van der Waals surface area contributed by atoms with Crippen LogP contribution in [0.2, 0.25) is 0 Å². The first-order chi connectivity index (χ1) is 6.16. The zero-order valence-corrected chi connectivity index (χ0v) is 9.31. The first-order valence-corrected chi connectivity index (χ1v) is 4.74. The van der Waals surface area contributed by atoms with Gasteiger partial charge in [-0.25, -0.2) is 0 Å². The van der Waals surface area contributed by atoms with E-state index in [0.29, 0.717) is 9.72 Å². The van der Waals surface area contributed by atoms with Crippen LogP contribution < -0.4 is 0 Å². The molecule has 0 fully saturated rings. The number of hydrogen-bond acceptors (Lipinski definition) is 4. The predicted octanol–water partition coefficient (Wildman–Crippen LogP) is 1.38. The largest absolute Gasteiger partial charge is 0.333 e. The molecule has 0 saturated heterocycles. The van der Waals surface area contributed by atoms with E-state index < -0.39 is 0 Å². The molecule has 0 spiro atoms. The van der Waals surface area contributed by atoms with E-state index in [2.05, 4.69) is 15.2 Å². The average molecular weight is 290 g/mol. The molecular weight excluding hydrogens is 283 g/mol. The van der Waals surface area contributed by atoms with Crippen LogP contribution in [0.25, 0.3) is 11.5 Å². The summed E-state index contributed by atoms with van der Waals surface area (Å²) in [4.78, 5) is 4.11. The maximum absolute atomic E-state index is 5.02. The number of rotatable bonds is 1. The van der Waals surface area contributed by atoms with Crippen molar-refractivity contribution in [2.45, 2.75) is 6.92 Å². The summed E-state index contributed by atoms with van der Waals surface area (Å²) >= 11 is 2.00. The molecule has 6 heteroatoms. The van der Waals surface area contributed by atoms with Gasteiger partial charge in [0.15, 0.2) is 0 Å². The lowest BCUT2D eigenvalue weighted by molar-refractivity contribution is 0.425. The van der Waals surface area contributed by atoms with Crippen molar-refractivity contribution in [2.75, 3.05) is 0 Å². The van der Waals surface area contributed by atoms with Crippen LogP contribution in [0.15, 0.2) is 10.7 Å². The van der Waals surface area contributed by atoms with Crippen LogP contribution in [0.4, 0.5) is 0 Å². The van der Waals surface area contributed by atoms with Crippen LogP contribution in [0.5, 0.6) is 0 Å². The van der Waals surface area contributed by atoms with Gasteiger partial charge in [0.05, 0.1) is 11.3 Å². The fraction of sp³-hybridized carbons (Fsp3) is 0.286. The topological polar surface area (TPSA) is 56.7 Å². The summed E-state index contributed by atoms with van der Waals surface area (Å²) < 4.78 is 7.35. The van der Waals surface area contributed by atoms with Gasteiger partial charge in [0.2, 0.25) is 3.83 Å². The third kappa shape index (κ3) is 1.58. The molecule has 2 heterocycles. The van der Waals surface area contributed by atoms with Gasteiger partial charge in [0.25, 0.3) is 5.89 Å². The average Bonchev–Trinajstić information content (AvgIpc) is 2.58. The summed E-state index contributed by atoms with van der Waals surface area (Å²) in [6.45, 7) is 1.91. The second-order valence-corrected chi connectivity index (χ2v) is 3.64. The fourth-order valence-corrected chi connectivity index (χ4v) is 1.44. The van der Waals surface area contributed by atoms with E-state index >= 15 is 0 Å². The highest BCUT2D eigenvalue weighted by Gasteiger charge is 2.12. The molecule has 68 valence electrons. The van der Waals surface area contributed by atoms with Gasteiger partial charge in [-0.2, -0.15) is 10.1 Å². The summed E-state index contributed by atoms with van der Waals surface area (Å²) in [6, 6.07) is 0. The smallest absolute Gasteiger partial charge is 0.262 e. The van der Waals surface area contributed by atoms with E-state index in [0.717, 1.165) is 11.3 Å². The van der Waals surface area contributed by atoms with Crippen LogP contribution >= 0.6 is 22.6 Å². The highest BCUT2D eigenvalue weighted by Crippen LogP contribution is 2.20. The van der Waals surface area contributed by atoms with Gasteiger partial charge < -0.3 is 4.52 Å². The van der Waals surface area contributed by atoms with Crippen molar-refractivity contribution in [1.82, 2.24) is 19.9 Å². The third-order valence-corrected chi connectivity index (χ3v) is 2.08. The first-order valence-electron chi connectivity index (χ1n) is 3.66.